The van der Waals surface area contributed by atoms with Crippen molar-refractivity contribution in [2.45, 2.75) is 70.6 Å². The highest BCUT2D eigenvalue weighted by atomic mass is 19.1. The van der Waals surface area contributed by atoms with Crippen LogP contribution in [0.25, 0.3) is 22.2 Å². The lowest BCUT2D eigenvalue weighted by atomic mass is 9.61. The molecular formula is C40H42FN9O6. The molecule has 56 heavy (non-hydrogen) atoms. The van der Waals surface area contributed by atoms with Crippen LogP contribution in [0.15, 0.2) is 48.9 Å². The minimum Gasteiger partial charge on any atom is -0.446 e. The Labute approximate surface area is 321 Å². The van der Waals surface area contributed by atoms with Gasteiger partial charge in [0.05, 0.1) is 16.7 Å². The molecule has 4 fully saturated rings. The minimum absolute atomic E-state index is 0.0855. The molecule has 15 nitrogen and oxygen atoms in total. The number of anilines is 2. The van der Waals surface area contributed by atoms with Gasteiger partial charge in [0.2, 0.25) is 11.8 Å². The van der Waals surface area contributed by atoms with E-state index in [0.29, 0.717) is 46.0 Å². The van der Waals surface area contributed by atoms with Crippen LogP contribution in [0.1, 0.15) is 72.6 Å². The highest BCUT2D eigenvalue weighted by Crippen LogP contribution is 2.50. The molecule has 2 aromatic carbocycles. The Bertz CT molecular complexity index is 2270. The number of amides is 5. The van der Waals surface area contributed by atoms with E-state index in [1.54, 1.807) is 30.6 Å². The van der Waals surface area contributed by atoms with Crippen LogP contribution >= 0.6 is 0 Å². The Kier molecular flexibility index (Phi) is 9.02. The maximum atomic E-state index is 15.0. The van der Waals surface area contributed by atoms with Crippen LogP contribution in [-0.4, -0.2) is 104 Å². The Morgan fingerprint density at radius 2 is 1.79 bits per heavy atom. The van der Waals surface area contributed by atoms with Gasteiger partial charge in [0, 0.05) is 55.8 Å². The molecule has 1 unspecified atom stereocenters. The molecule has 16 heteroatoms. The zero-order valence-corrected chi connectivity index (χ0v) is 31.0. The van der Waals surface area contributed by atoms with Crippen LogP contribution in [0.5, 0.6) is 0 Å². The number of aromatic nitrogens is 4. The number of imide groups is 2. The molecule has 9 rings (SSSR count). The number of aryl methyl sites for hydroxylation is 1. The second kappa shape index (κ2) is 14.1. The molecule has 4 aromatic rings. The van der Waals surface area contributed by atoms with Gasteiger partial charge in [0.25, 0.3) is 11.8 Å². The van der Waals surface area contributed by atoms with Crippen molar-refractivity contribution in [1.29, 1.82) is 0 Å². The van der Waals surface area contributed by atoms with Gasteiger partial charge in [-0.1, -0.05) is 6.92 Å². The number of likely N-dealkylation sites (tertiary alicyclic amines) is 1. The quantitative estimate of drug-likeness (QED) is 0.232. The first-order valence-electron chi connectivity index (χ1n) is 19.3. The van der Waals surface area contributed by atoms with Gasteiger partial charge in [-0.25, -0.2) is 14.2 Å². The van der Waals surface area contributed by atoms with Crippen molar-refractivity contribution in [2.24, 2.45) is 11.3 Å². The van der Waals surface area contributed by atoms with E-state index in [-0.39, 0.29) is 29.9 Å². The van der Waals surface area contributed by atoms with E-state index in [4.69, 9.17) is 4.74 Å². The first-order chi connectivity index (χ1) is 27.1. The molecule has 2 N–H and O–H groups in total. The third-order valence-corrected chi connectivity index (χ3v) is 12.1. The molecule has 5 amide bonds. The van der Waals surface area contributed by atoms with E-state index in [0.717, 1.165) is 75.4 Å². The number of piperidine rings is 2. The molecule has 4 aliphatic heterocycles. The number of nitrogens with zero attached hydrogens (tertiary/aromatic N) is 7. The van der Waals surface area contributed by atoms with Crippen molar-refractivity contribution in [1.82, 2.24) is 34.9 Å². The first-order valence-corrected chi connectivity index (χ1v) is 19.3. The van der Waals surface area contributed by atoms with E-state index in [1.165, 1.54) is 12.3 Å². The summed E-state index contributed by atoms with van der Waals surface area (Å²) in [5, 5.41) is 14.4. The fraction of sp³-hybridized carbons (Fsp3) is 0.450. The van der Waals surface area contributed by atoms with Crippen molar-refractivity contribution >= 4 is 52.0 Å². The highest BCUT2D eigenvalue weighted by molar-refractivity contribution is 6.23. The topological polar surface area (TPSA) is 172 Å². The van der Waals surface area contributed by atoms with E-state index < -0.39 is 41.6 Å². The number of pyridine rings is 1. The van der Waals surface area contributed by atoms with Crippen molar-refractivity contribution in [2.75, 3.05) is 42.9 Å². The summed E-state index contributed by atoms with van der Waals surface area (Å²) in [5.41, 5.74) is 1.97. The second-order valence-corrected chi connectivity index (χ2v) is 15.9. The summed E-state index contributed by atoms with van der Waals surface area (Å²) in [4.78, 5) is 73.2. The molecule has 5 aliphatic rings. The Hall–Kier alpha value is -5.77. The molecule has 1 saturated carbocycles. The zero-order chi connectivity index (χ0) is 38.7. The average molecular weight is 764 g/mol. The molecule has 290 valence electrons. The lowest BCUT2D eigenvalue weighted by Crippen LogP contribution is -2.55. The molecule has 1 aliphatic carbocycles. The molecule has 2 aromatic heterocycles. The number of ether oxygens (including phenoxy) is 1. The summed E-state index contributed by atoms with van der Waals surface area (Å²) in [6.07, 6.45) is 7.24. The second-order valence-electron chi connectivity index (χ2n) is 15.9. The number of hydrogen-bond donors (Lipinski definition) is 2. The summed E-state index contributed by atoms with van der Waals surface area (Å²) in [6.45, 7) is 7.34. The normalized spacial score (nSPS) is 21.3. The van der Waals surface area contributed by atoms with Gasteiger partial charge in [-0.05, 0) is 98.8 Å². The van der Waals surface area contributed by atoms with Gasteiger partial charge in [-0.15, -0.1) is 10.2 Å². The van der Waals surface area contributed by atoms with Crippen molar-refractivity contribution in [3.8, 4) is 11.4 Å². The molecule has 1 atom stereocenters. The van der Waals surface area contributed by atoms with Gasteiger partial charge in [0.1, 0.15) is 30.1 Å². The number of hydrogen-bond acceptors (Lipinski definition) is 11. The number of fused-ring (bicyclic) bond motifs is 2. The van der Waals surface area contributed by atoms with E-state index in [2.05, 4.69) is 35.6 Å². The summed E-state index contributed by atoms with van der Waals surface area (Å²) < 4.78 is 22.6. The fourth-order valence-corrected chi connectivity index (χ4v) is 9.08. The number of halogens is 1. The number of benzene rings is 2. The predicted molar refractivity (Wildman–Crippen MR) is 201 cm³/mol. The lowest BCUT2D eigenvalue weighted by molar-refractivity contribution is -0.136. The summed E-state index contributed by atoms with van der Waals surface area (Å²) >= 11 is 0. The Morgan fingerprint density at radius 3 is 2.55 bits per heavy atom. The van der Waals surface area contributed by atoms with Crippen molar-refractivity contribution in [3.05, 3.63) is 65.9 Å². The van der Waals surface area contributed by atoms with Gasteiger partial charge in [-0.2, -0.15) is 0 Å². The predicted octanol–water partition coefficient (Wildman–Crippen LogP) is 4.37. The summed E-state index contributed by atoms with van der Waals surface area (Å²) in [6, 6.07) is 9.10. The smallest absolute Gasteiger partial charge is 0.413 e. The third-order valence-electron chi connectivity index (χ3n) is 12.1. The fourth-order valence-electron chi connectivity index (χ4n) is 9.08. The SMILES string of the molecule is CCCn1cnnc1-c1cc2cc(NC(=O)OC3CC4(CCN(CC5CN(c6ccc7c(c6)C(=O)N(C6CCC(=O)NC6=O)C7=O)C5)CC4)C3)ncc2cc1F. The van der Waals surface area contributed by atoms with E-state index >= 15 is 4.39 Å². The maximum absolute atomic E-state index is 15.0. The maximum Gasteiger partial charge on any atom is 0.413 e. The van der Waals surface area contributed by atoms with Gasteiger partial charge in [0.15, 0.2) is 5.82 Å². The zero-order valence-electron chi connectivity index (χ0n) is 31.0. The largest absolute Gasteiger partial charge is 0.446 e. The monoisotopic (exact) mass is 763 g/mol. The first kappa shape index (κ1) is 35.9. The number of nitrogens with one attached hydrogen (secondary N) is 2. The Morgan fingerprint density at radius 1 is 1.00 bits per heavy atom. The van der Waals surface area contributed by atoms with Crippen LogP contribution in [0.3, 0.4) is 0 Å². The van der Waals surface area contributed by atoms with Crippen LogP contribution in [0.2, 0.25) is 0 Å². The van der Waals surface area contributed by atoms with Crippen molar-refractivity contribution < 1.29 is 33.1 Å². The van der Waals surface area contributed by atoms with Crippen LogP contribution < -0.4 is 15.5 Å². The summed E-state index contributed by atoms with van der Waals surface area (Å²) in [5.74, 6) is -1.17. The molecule has 0 bridgehead atoms. The van der Waals surface area contributed by atoms with Gasteiger partial charge < -0.3 is 19.1 Å². The summed E-state index contributed by atoms with van der Waals surface area (Å²) in [7, 11) is 0. The van der Waals surface area contributed by atoms with Crippen molar-refractivity contribution in [3.63, 3.8) is 0 Å². The van der Waals surface area contributed by atoms with Crippen LogP contribution in [0, 0.1) is 17.2 Å². The van der Waals surface area contributed by atoms with Gasteiger partial charge >= 0.3 is 6.09 Å². The average Bonchev–Trinajstić information content (AvgIpc) is 3.70. The van der Waals surface area contributed by atoms with E-state index in [1.807, 2.05) is 17.6 Å². The number of carbonyl (C=O) groups is 5. The number of rotatable bonds is 9. The Balaban J connectivity index is 0.724. The van der Waals surface area contributed by atoms with E-state index in [9.17, 15) is 24.0 Å². The molecule has 0 radical (unpaired) electrons. The minimum atomic E-state index is -0.978. The molecule has 3 saturated heterocycles. The molecule has 1 spiro atoms. The van der Waals surface area contributed by atoms with Crippen LogP contribution in [0.4, 0.5) is 20.7 Å². The molecule has 6 heterocycles. The lowest BCUT2D eigenvalue weighted by Gasteiger charge is -2.52. The van der Waals surface area contributed by atoms with Gasteiger partial charge in [-0.3, -0.25) is 34.7 Å². The third kappa shape index (κ3) is 6.54. The highest BCUT2D eigenvalue weighted by Gasteiger charge is 2.48. The molecular weight excluding hydrogens is 721 g/mol. The standard InChI is InChI=1S/C40H42FN9O6/c1-2-9-48-22-43-46-35(48)30-12-24-14-33(42-18-25(24)13-31(30)41)44-39(55)56-27-16-40(17-27)7-10-47(11-8-40)19-23-20-49(21-23)26-3-4-28-29(15-26)38(54)50(37(28)53)32-5-6-34(51)45-36(32)52/h3-4,12-15,18,22-23,27,32H,2,5-11,16-17,19-21H2,1H3,(H,42,44,55)(H,45,51,52). The van der Waals surface area contributed by atoms with Crippen LogP contribution in [-0.2, 0) is 20.9 Å². The number of carbonyl (C=O) groups excluding carboxylic acids is 5.